The van der Waals surface area contributed by atoms with Crippen molar-refractivity contribution in [1.82, 2.24) is 10.3 Å². The molecule has 0 radical (unpaired) electrons. The number of hydrogen-bond acceptors (Lipinski definition) is 3. The van der Waals surface area contributed by atoms with Crippen LogP contribution >= 0.6 is 15.9 Å². The number of carbonyl (C=O) groups is 1. The Labute approximate surface area is 150 Å². The second-order valence-electron chi connectivity index (χ2n) is 6.01. The van der Waals surface area contributed by atoms with Gasteiger partial charge >= 0.3 is 6.03 Å². The van der Waals surface area contributed by atoms with Gasteiger partial charge in [-0.2, -0.15) is 0 Å². The molecule has 6 heteroatoms. The summed E-state index contributed by atoms with van der Waals surface area (Å²) in [6.45, 7) is 3.78. The van der Waals surface area contributed by atoms with Gasteiger partial charge in [-0.25, -0.2) is 9.78 Å². The van der Waals surface area contributed by atoms with Crippen molar-refractivity contribution in [2.75, 3.05) is 23.3 Å². The van der Waals surface area contributed by atoms with Crippen LogP contribution in [0.4, 0.5) is 16.3 Å². The zero-order chi connectivity index (χ0) is 16.9. The number of carbonyl (C=O) groups excluding carboxylic acids is 1. The van der Waals surface area contributed by atoms with Crippen molar-refractivity contribution >= 4 is 33.5 Å². The summed E-state index contributed by atoms with van der Waals surface area (Å²) in [5.41, 5.74) is 1.87. The number of aromatic nitrogens is 1. The average molecular weight is 389 g/mol. The molecule has 0 unspecified atom stereocenters. The lowest BCUT2D eigenvalue weighted by Crippen LogP contribution is -2.46. The minimum atomic E-state index is -0.142. The Morgan fingerprint density at radius 3 is 2.71 bits per heavy atom. The highest BCUT2D eigenvalue weighted by Gasteiger charge is 2.21. The van der Waals surface area contributed by atoms with Gasteiger partial charge in [0.15, 0.2) is 0 Å². The topological polar surface area (TPSA) is 57.3 Å². The van der Waals surface area contributed by atoms with Crippen LogP contribution in [0.25, 0.3) is 0 Å². The molecule has 0 aliphatic carbocycles. The molecule has 1 aliphatic heterocycles. The van der Waals surface area contributed by atoms with E-state index in [0.717, 1.165) is 47.5 Å². The molecule has 1 aliphatic rings. The zero-order valence-electron chi connectivity index (χ0n) is 13.6. The van der Waals surface area contributed by atoms with Crippen molar-refractivity contribution in [3.8, 4) is 0 Å². The molecule has 1 aromatic carbocycles. The molecule has 2 amide bonds. The van der Waals surface area contributed by atoms with Crippen molar-refractivity contribution in [2.45, 2.75) is 25.8 Å². The first kappa shape index (κ1) is 16.8. The number of halogens is 1. The fourth-order valence-corrected chi connectivity index (χ4v) is 3.38. The smallest absolute Gasteiger partial charge is 0.319 e. The zero-order valence-corrected chi connectivity index (χ0v) is 15.2. The van der Waals surface area contributed by atoms with E-state index in [-0.39, 0.29) is 12.1 Å². The van der Waals surface area contributed by atoms with Crippen LogP contribution in [0, 0.1) is 6.92 Å². The minimum absolute atomic E-state index is 0.142. The van der Waals surface area contributed by atoms with E-state index in [1.807, 2.05) is 49.5 Å². The van der Waals surface area contributed by atoms with Crippen molar-refractivity contribution in [2.24, 2.45) is 0 Å². The summed E-state index contributed by atoms with van der Waals surface area (Å²) in [4.78, 5) is 18.9. The fourth-order valence-electron chi connectivity index (χ4n) is 2.90. The number of hydrogen-bond donors (Lipinski definition) is 2. The van der Waals surface area contributed by atoms with E-state index >= 15 is 0 Å². The Balaban J connectivity index is 1.50. The highest BCUT2D eigenvalue weighted by molar-refractivity contribution is 9.10. The van der Waals surface area contributed by atoms with E-state index in [1.54, 1.807) is 0 Å². The largest absolute Gasteiger partial charge is 0.356 e. The SMILES string of the molecule is Cc1cc(Br)ccc1NC(=O)NC1CCN(c2ccccn2)CC1. The van der Waals surface area contributed by atoms with Crippen LogP contribution in [0.2, 0.25) is 0 Å². The summed E-state index contributed by atoms with van der Waals surface area (Å²) in [5, 5.41) is 6.00. The van der Waals surface area contributed by atoms with Crippen molar-refractivity contribution in [3.63, 3.8) is 0 Å². The Bertz CT molecular complexity index is 699. The number of urea groups is 1. The van der Waals surface area contributed by atoms with Gasteiger partial charge in [-0.3, -0.25) is 0 Å². The summed E-state index contributed by atoms with van der Waals surface area (Å²) in [5.74, 6) is 1.01. The Kier molecular flexibility index (Phi) is 5.35. The number of nitrogens with zero attached hydrogens (tertiary/aromatic N) is 2. The molecular weight excluding hydrogens is 368 g/mol. The molecule has 0 spiro atoms. The number of pyridine rings is 1. The first-order valence-corrected chi connectivity index (χ1v) is 8.91. The van der Waals surface area contributed by atoms with Crippen LogP contribution in [-0.4, -0.2) is 30.1 Å². The molecule has 1 aromatic heterocycles. The average Bonchev–Trinajstić information content (AvgIpc) is 2.59. The highest BCUT2D eigenvalue weighted by Crippen LogP contribution is 2.20. The van der Waals surface area contributed by atoms with Gasteiger partial charge in [0.25, 0.3) is 0 Å². The molecule has 24 heavy (non-hydrogen) atoms. The number of benzene rings is 1. The minimum Gasteiger partial charge on any atom is -0.356 e. The normalized spacial score (nSPS) is 15.2. The summed E-state index contributed by atoms with van der Waals surface area (Å²) in [6, 6.07) is 11.8. The molecular formula is C18H21BrN4O. The van der Waals surface area contributed by atoms with Crippen LogP contribution in [0.3, 0.4) is 0 Å². The van der Waals surface area contributed by atoms with E-state index in [2.05, 4.69) is 36.4 Å². The number of rotatable bonds is 3. The number of aryl methyl sites for hydroxylation is 1. The van der Waals surface area contributed by atoms with Gasteiger partial charge in [0.05, 0.1) is 0 Å². The third kappa shape index (κ3) is 4.26. The van der Waals surface area contributed by atoms with Crippen LogP contribution < -0.4 is 15.5 Å². The van der Waals surface area contributed by atoms with Crippen LogP contribution in [-0.2, 0) is 0 Å². The number of amides is 2. The van der Waals surface area contributed by atoms with E-state index in [4.69, 9.17) is 0 Å². The quantitative estimate of drug-likeness (QED) is 0.836. The maximum atomic E-state index is 12.2. The first-order valence-electron chi connectivity index (χ1n) is 8.11. The fraction of sp³-hybridized carbons (Fsp3) is 0.333. The molecule has 2 N–H and O–H groups in total. The Hall–Kier alpha value is -2.08. The molecule has 5 nitrogen and oxygen atoms in total. The number of anilines is 2. The predicted molar refractivity (Wildman–Crippen MR) is 101 cm³/mol. The third-order valence-electron chi connectivity index (χ3n) is 4.24. The second kappa shape index (κ2) is 7.66. The van der Waals surface area contributed by atoms with Gasteiger partial charge in [0.2, 0.25) is 0 Å². The van der Waals surface area contributed by atoms with E-state index < -0.39 is 0 Å². The van der Waals surface area contributed by atoms with Crippen LogP contribution in [0.15, 0.2) is 47.1 Å². The van der Waals surface area contributed by atoms with E-state index in [1.165, 1.54) is 0 Å². The maximum Gasteiger partial charge on any atom is 0.319 e. The monoisotopic (exact) mass is 388 g/mol. The summed E-state index contributed by atoms with van der Waals surface area (Å²) < 4.78 is 1.01. The highest BCUT2D eigenvalue weighted by atomic mass is 79.9. The van der Waals surface area contributed by atoms with Crippen molar-refractivity contribution in [1.29, 1.82) is 0 Å². The molecule has 2 aromatic rings. The lowest BCUT2D eigenvalue weighted by Gasteiger charge is -2.33. The number of piperidine rings is 1. The standard InChI is InChI=1S/C18H21BrN4O/c1-13-12-14(19)5-6-16(13)22-18(24)21-15-7-10-23(11-8-15)17-4-2-3-9-20-17/h2-6,9,12,15H,7-8,10-11H2,1H3,(H2,21,22,24). The molecule has 0 bridgehead atoms. The van der Waals surface area contributed by atoms with Crippen LogP contribution in [0.5, 0.6) is 0 Å². The van der Waals surface area contributed by atoms with Crippen molar-refractivity contribution < 1.29 is 4.79 Å². The predicted octanol–water partition coefficient (Wildman–Crippen LogP) is 3.94. The summed E-state index contributed by atoms with van der Waals surface area (Å²) in [7, 11) is 0. The third-order valence-corrected chi connectivity index (χ3v) is 4.73. The maximum absolute atomic E-state index is 12.2. The molecule has 0 atom stereocenters. The molecule has 0 saturated carbocycles. The van der Waals surface area contributed by atoms with Crippen LogP contribution in [0.1, 0.15) is 18.4 Å². The molecule has 3 rings (SSSR count). The van der Waals surface area contributed by atoms with Crippen molar-refractivity contribution in [3.05, 3.63) is 52.6 Å². The van der Waals surface area contributed by atoms with Gasteiger partial charge in [0.1, 0.15) is 5.82 Å². The second-order valence-corrected chi connectivity index (χ2v) is 6.92. The van der Waals surface area contributed by atoms with Gasteiger partial charge in [0, 0.05) is 35.5 Å². The van der Waals surface area contributed by atoms with Gasteiger partial charge < -0.3 is 15.5 Å². The molecule has 2 heterocycles. The molecule has 1 saturated heterocycles. The Morgan fingerprint density at radius 1 is 1.25 bits per heavy atom. The van der Waals surface area contributed by atoms with Gasteiger partial charge in [-0.15, -0.1) is 0 Å². The Morgan fingerprint density at radius 2 is 2.04 bits per heavy atom. The van der Waals surface area contributed by atoms with Gasteiger partial charge in [-0.1, -0.05) is 22.0 Å². The number of nitrogens with one attached hydrogen (secondary N) is 2. The lowest BCUT2D eigenvalue weighted by atomic mass is 10.1. The molecule has 126 valence electrons. The van der Waals surface area contributed by atoms with Gasteiger partial charge in [-0.05, 0) is 55.7 Å². The van der Waals surface area contributed by atoms with E-state index in [9.17, 15) is 4.79 Å². The molecule has 1 fully saturated rings. The lowest BCUT2D eigenvalue weighted by molar-refractivity contribution is 0.246. The summed E-state index contributed by atoms with van der Waals surface area (Å²) >= 11 is 3.43. The first-order chi connectivity index (χ1) is 11.6. The van der Waals surface area contributed by atoms with E-state index in [0.29, 0.717) is 0 Å². The summed E-state index contributed by atoms with van der Waals surface area (Å²) in [6.07, 6.45) is 3.65.